The highest BCUT2D eigenvalue weighted by Crippen LogP contribution is 2.56. The normalized spacial score (nSPS) is 13.5. The van der Waals surface area contributed by atoms with Gasteiger partial charge in [-0.2, -0.15) is 0 Å². The molecule has 4 rings (SSSR count). The molecule has 3 aromatic rings. The van der Waals surface area contributed by atoms with Crippen LogP contribution in [0.5, 0.6) is 23.0 Å². The molecule has 3 aromatic carbocycles. The Hall–Kier alpha value is -2.89. The molecule has 0 aliphatic carbocycles. The first kappa shape index (κ1) is 30.1. The number of benzene rings is 3. The Bertz CT molecular complexity index is 1270. The summed E-state index contributed by atoms with van der Waals surface area (Å²) in [6.07, 6.45) is -0.429. The van der Waals surface area contributed by atoms with Gasteiger partial charge in [0.15, 0.2) is 18.2 Å². The fraction of sp³-hybridized carbons (Fsp3) is 0.345. The van der Waals surface area contributed by atoms with Crippen molar-refractivity contribution in [2.75, 3.05) is 48.8 Å². The lowest BCUT2D eigenvalue weighted by atomic mass is 9.76. The van der Waals surface area contributed by atoms with Gasteiger partial charge in [-0.3, -0.25) is 4.79 Å². The molecule has 0 bridgehead atoms. The fourth-order valence-electron chi connectivity index (χ4n) is 4.59. The maximum Gasteiger partial charge on any atom is 0.191 e. The topological polar surface area (TPSA) is 90.9 Å². The van der Waals surface area contributed by atoms with Crippen molar-refractivity contribution in [3.8, 4) is 23.0 Å². The number of aldehydes is 1. The van der Waals surface area contributed by atoms with Crippen LogP contribution in [0.15, 0.2) is 48.5 Å². The Labute approximate surface area is 242 Å². The summed E-state index contributed by atoms with van der Waals surface area (Å²) in [5, 5.41) is 0.580. The van der Waals surface area contributed by atoms with E-state index in [9.17, 15) is 4.79 Å². The molecule has 0 unspecified atom stereocenters. The van der Waals surface area contributed by atoms with Crippen LogP contribution in [0, 0.1) is 0 Å². The van der Waals surface area contributed by atoms with E-state index in [0.717, 1.165) is 6.29 Å². The van der Waals surface area contributed by atoms with E-state index in [1.807, 2.05) is 12.1 Å². The Balaban J connectivity index is 1.90. The minimum Gasteiger partial charge on any atom is -0.487 e. The van der Waals surface area contributed by atoms with Crippen LogP contribution in [-0.4, -0.2) is 67.6 Å². The number of rotatable bonds is 13. The number of hydrogen-bond donors (Lipinski definition) is 0. The van der Waals surface area contributed by atoms with E-state index >= 15 is 0 Å². The number of carbonyl (C=O) groups is 1. The number of ether oxygens (including phenoxy) is 8. The van der Waals surface area contributed by atoms with E-state index in [1.165, 1.54) is 28.4 Å². The third-order valence-corrected chi connectivity index (χ3v) is 7.21. The van der Waals surface area contributed by atoms with Gasteiger partial charge in [0, 0.05) is 69.9 Å². The van der Waals surface area contributed by atoms with E-state index in [-0.39, 0.29) is 23.3 Å². The Kier molecular flexibility index (Phi) is 9.91. The SMILES string of the molecule is COC(COc1cc2c(cc1Cl)C(OC)(c1ccccc1C=O)c1cc(Cl)c(OCC(OC)OC)cc1O2)OC. The van der Waals surface area contributed by atoms with Crippen molar-refractivity contribution in [3.63, 3.8) is 0 Å². The summed E-state index contributed by atoms with van der Waals surface area (Å²) in [6, 6.07) is 13.8. The maximum absolute atomic E-state index is 12.2. The molecule has 0 saturated heterocycles. The van der Waals surface area contributed by atoms with E-state index < -0.39 is 18.2 Å². The molecule has 0 spiro atoms. The summed E-state index contributed by atoms with van der Waals surface area (Å²) in [5.74, 6) is 1.46. The van der Waals surface area contributed by atoms with Crippen LogP contribution in [-0.2, 0) is 29.3 Å². The monoisotopic (exact) mass is 592 g/mol. The van der Waals surface area contributed by atoms with Gasteiger partial charge in [-0.25, -0.2) is 0 Å². The lowest BCUT2D eigenvalue weighted by Crippen LogP contribution is -2.36. The van der Waals surface area contributed by atoms with Gasteiger partial charge in [-0.15, -0.1) is 0 Å². The molecule has 1 aliphatic rings. The average molecular weight is 593 g/mol. The molecule has 40 heavy (non-hydrogen) atoms. The molecule has 0 atom stereocenters. The van der Waals surface area contributed by atoms with Gasteiger partial charge in [0.1, 0.15) is 42.5 Å². The third-order valence-electron chi connectivity index (χ3n) is 6.62. The molecule has 0 amide bonds. The van der Waals surface area contributed by atoms with Gasteiger partial charge in [0.05, 0.1) is 10.0 Å². The predicted octanol–water partition coefficient (Wildman–Crippen LogP) is 5.85. The average Bonchev–Trinajstić information content (AvgIpc) is 2.98. The maximum atomic E-state index is 12.2. The van der Waals surface area contributed by atoms with Gasteiger partial charge >= 0.3 is 0 Å². The number of hydrogen-bond acceptors (Lipinski definition) is 9. The minimum absolute atomic E-state index is 0.0826. The summed E-state index contributed by atoms with van der Waals surface area (Å²) in [6.45, 7) is 0.165. The van der Waals surface area contributed by atoms with Crippen LogP contribution in [0.2, 0.25) is 10.0 Å². The lowest BCUT2D eigenvalue weighted by molar-refractivity contribution is -0.122. The van der Waals surface area contributed by atoms with E-state index in [4.69, 9.17) is 61.1 Å². The number of halogens is 2. The van der Waals surface area contributed by atoms with Gasteiger partial charge in [0.25, 0.3) is 0 Å². The minimum atomic E-state index is -1.33. The zero-order valence-corrected chi connectivity index (χ0v) is 24.2. The zero-order valence-electron chi connectivity index (χ0n) is 22.7. The molecule has 0 radical (unpaired) electrons. The van der Waals surface area contributed by atoms with Gasteiger partial charge in [-0.1, -0.05) is 47.5 Å². The van der Waals surface area contributed by atoms with Gasteiger partial charge in [0.2, 0.25) is 0 Å². The Morgan fingerprint density at radius 2 is 1.23 bits per heavy atom. The number of carbonyl (C=O) groups excluding carboxylic acids is 1. The van der Waals surface area contributed by atoms with Crippen molar-refractivity contribution < 1.29 is 42.7 Å². The Morgan fingerprint density at radius 3 is 1.65 bits per heavy atom. The molecular weight excluding hydrogens is 563 g/mol. The first-order valence-corrected chi connectivity index (χ1v) is 12.9. The van der Waals surface area contributed by atoms with Crippen LogP contribution < -0.4 is 14.2 Å². The molecule has 1 heterocycles. The summed E-state index contributed by atoms with van der Waals surface area (Å²) >= 11 is 13.4. The molecule has 1 aliphatic heterocycles. The second kappa shape index (κ2) is 13.2. The van der Waals surface area contributed by atoms with Crippen molar-refractivity contribution in [2.45, 2.75) is 18.2 Å². The highest BCUT2D eigenvalue weighted by atomic mass is 35.5. The zero-order chi connectivity index (χ0) is 28.9. The first-order valence-electron chi connectivity index (χ1n) is 12.2. The van der Waals surface area contributed by atoms with Crippen LogP contribution >= 0.6 is 23.2 Å². The molecule has 0 N–H and O–H groups in total. The second-order valence-corrected chi connectivity index (χ2v) is 9.49. The van der Waals surface area contributed by atoms with Crippen LogP contribution in [0.1, 0.15) is 27.0 Å². The van der Waals surface area contributed by atoms with Crippen LogP contribution in [0.4, 0.5) is 0 Å². The molecule has 214 valence electrons. The quantitative estimate of drug-likeness (QED) is 0.179. The molecular formula is C29H30Cl2O9. The summed E-state index contributed by atoms with van der Waals surface area (Å²) in [5.41, 5.74) is 0.765. The van der Waals surface area contributed by atoms with Gasteiger partial charge in [-0.05, 0) is 12.1 Å². The van der Waals surface area contributed by atoms with Crippen molar-refractivity contribution in [3.05, 3.63) is 80.8 Å². The van der Waals surface area contributed by atoms with Crippen LogP contribution in [0.25, 0.3) is 0 Å². The second-order valence-electron chi connectivity index (χ2n) is 8.67. The van der Waals surface area contributed by atoms with Crippen molar-refractivity contribution in [1.29, 1.82) is 0 Å². The highest BCUT2D eigenvalue weighted by molar-refractivity contribution is 6.32. The summed E-state index contributed by atoms with van der Waals surface area (Å²) in [4.78, 5) is 12.2. The van der Waals surface area contributed by atoms with E-state index in [1.54, 1.807) is 43.5 Å². The van der Waals surface area contributed by atoms with Crippen molar-refractivity contribution in [2.24, 2.45) is 0 Å². The molecule has 9 nitrogen and oxygen atoms in total. The first-order chi connectivity index (χ1) is 19.4. The Morgan fingerprint density at radius 1 is 0.750 bits per heavy atom. The van der Waals surface area contributed by atoms with E-state index in [0.29, 0.717) is 45.3 Å². The lowest BCUT2D eigenvalue weighted by Gasteiger charge is -2.40. The number of methoxy groups -OCH3 is 5. The molecule has 11 heteroatoms. The molecule has 0 fully saturated rings. The van der Waals surface area contributed by atoms with Gasteiger partial charge < -0.3 is 37.9 Å². The van der Waals surface area contributed by atoms with E-state index in [2.05, 4.69) is 0 Å². The van der Waals surface area contributed by atoms with Crippen LogP contribution in [0.3, 0.4) is 0 Å². The molecule has 0 aromatic heterocycles. The molecule has 0 saturated carbocycles. The number of fused-ring (bicyclic) bond motifs is 2. The summed E-state index contributed by atoms with van der Waals surface area (Å²) in [7, 11) is 7.58. The summed E-state index contributed by atoms with van der Waals surface area (Å²) < 4.78 is 45.3. The fourth-order valence-corrected chi connectivity index (χ4v) is 5.03. The van der Waals surface area contributed by atoms with Crippen molar-refractivity contribution >= 4 is 29.5 Å². The van der Waals surface area contributed by atoms with Crippen molar-refractivity contribution in [1.82, 2.24) is 0 Å². The predicted molar refractivity (Wildman–Crippen MR) is 148 cm³/mol. The largest absolute Gasteiger partial charge is 0.487 e. The highest BCUT2D eigenvalue weighted by Gasteiger charge is 2.47. The standard InChI is InChI=1S/C29H30Cl2O9/c1-33-27(34-2)15-38-25-12-23-19(10-21(25)30)29(37-5,18-9-7-6-8-17(18)14-32)20-11-22(31)26(13-24(20)40-23)39-16-28(35-3)36-4/h6-14,27-28H,15-16H2,1-5H3. The third kappa shape index (κ3) is 5.64. The smallest absolute Gasteiger partial charge is 0.191 e.